The lowest BCUT2D eigenvalue weighted by Crippen LogP contribution is -2.44. The molecule has 7 nitrogen and oxygen atoms in total. The van der Waals surface area contributed by atoms with Gasteiger partial charge in [-0.05, 0) is 37.5 Å². The molecule has 1 unspecified atom stereocenters. The highest BCUT2D eigenvalue weighted by Gasteiger charge is 2.38. The van der Waals surface area contributed by atoms with Gasteiger partial charge in [0.15, 0.2) is 0 Å². The molecule has 0 aromatic heterocycles. The molecule has 0 radical (unpaired) electrons. The lowest BCUT2D eigenvalue weighted by molar-refractivity contribution is -0.119. The van der Waals surface area contributed by atoms with E-state index in [0.717, 1.165) is 0 Å². The summed E-state index contributed by atoms with van der Waals surface area (Å²) in [6.07, 6.45) is 1.64. The van der Waals surface area contributed by atoms with E-state index in [-0.39, 0.29) is 22.6 Å². The van der Waals surface area contributed by atoms with Crippen LogP contribution in [0.1, 0.15) is 36.5 Å². The summed E-state index contributed by atoms with van der Waals surface area (Å²) in [4.78, 5) is 26.0. The number of nitrogens with zero attached hydrogens (tertiary/aromatic N) is 2. The highest BCUT2D eigenvalue weighted by atomic mass is 35.5. The molecule has 144 valence electrons. The third-order valence-electron chi connectivity index (χ3n) is 4.20. The number of amides is 2. The zero-order chi connectivity index (χ0) is 19.5. The Hall–Kier alpha value is -1.64. The van der Waals surface area contributed by atoms with Gasteiger partial charge in [0.1, 0.15) is 6.04 Å². The number of benzene rings is 1. The molecule has 1 aliphatic rings. The van der Waals surface area contributed by atoms with Gasteiger partial charge in [0.25, 0.3) is 5.91 Å². The number of nitrogens with one attached hydrogen (secondary N) is 1. The Labute approximate surface area is 159 Å². The van der Waals surface area contributed by atoms with Gasteiger partial charge in [0.2, 0.25) is 15.9 Å². The smallest absolute Gasteiger partial charge is 0.254 e. The molecule has 1 atom stereocenters. The lowest BCUT2D eigenvalue weighted by Gasteiger charge is -2.23. The summed E-state index contributed by atoms with van der Waals surface area (Å²) in [6, 6.07) is 3.91. The van der Waals surface area contributed by atoms with E-state index in [1.165, 1.54) is 15.3 Å². The quantitative estimate of drug-likeness (QED) is 0.791. The van der Waals surface area contributed by atoms with Crippen molar-refractivity contribution in [3.8, 4) is 0 Å². The van der Waals surface area contributed by atoms with Gasteiger partial charge in [-0.3, -0.25) is 9.59 Å². The van der Waals surface area contributed by atoms with E-state index in [9.17, 15) is 18.0 Å². The van der Waals surface area contributed by atoms with Crippen LogP contribution in [0.3, 0.4) is 0 Å². The summed E-state index contributed by atoms with van der Waals surface area (Å²) in [5.41, 5.74) is 0.762. The fourth-order valence-corrected chi connectivity index (χ4v) is 4.95. The minimum Gasteiger partial charge on any atom is -0.345 e. The maximum absolute atomic E-state index is 12.6. The molecule has 1 fully saturated rings. The van der Waals surface area contributed by atoms with E-state index in [1.807, 2.05) is 0 Å². The maximum Gasteiger partial charge on any atom is 0.254 e. The molecule has 2 amide bonds. The molecule has 1 aromatic rings. The maximum atomic E-state index is 12.6. The minimum absolute atomic E-state index is 0.0317. The van der Waals surface area contributed by atoms with Crippen molar-refractivity contribution in [1.29, 1.82) is 0 Å². The summed E-state index contributed by atoms with van der Waals surface area (Å²) in [5, 5.41) is 2.94. The molecule has 0 saturated carbocycles. The van der Waals surface area contributed by atoms with Gasteiger partial charge in [-0.1, -0.05) is 18.5 Å². The Bertz CT molecular complexity index is 795. The van der Waals surface area contributed by atoms with E-state index >= 15 is 0 Å². The van der Waals surface area contributed by atoms with Crippen LogP contribution in [-0.4, -0.2) is 61.9 Å². The van der Waals surface area contributed by atoms with E-state index < -0.39 is 16.1 Å². The molecule has 1 N–H and O–H groups in total. The van der Waals surface area contributed by atoms with Crippen LogP contribution in [0.25, 0.3) is 0 Å². The SMILES string of the molecule is CCCS(=O)(=O)N1CCCC1C(=O)Nc1ccc(C(=O)N(C)C)c(Cl)c1. The highest BCUT2D eigenvalue weighted by Crippen LogP contribution is 2.25. The summed E-state index contributed by atoms with van der Waals surface area (Å²) in [5.74, 6) is -0.588. The van der Waals surface area contributed by atoms with Gasteiger partial charge in [0.05, 0.1) is 16.3 Å². The van der Waals surface area contributed by atoms with Crippen LogP contribution < -0.4 is 5.32 Å². The third-order valence-corrected chi connectivity index (χ3v) is 6.59. The van der Waals surface area contributed by atoms with Crippen molar-refractivity contribution in [3.63, 3.8) is 0 Å². The van der Waals surface area contributed by atoms with Crippen molar-refractivity contribution < 1.29 is 18.0 Å². The first-order valence-electron chi connectivity index (χ1n) is 8.49. The zero-order valence-electron chi connectivity index (χ0n) is 15.2. The first kappa shape index (κ1) is 20.7. The standard InChI is InChI=1S/C17H24ClN3O4S/c1-4-10-26(24,25)21-9-5-6-15(21)16(22)19-12-7-8-13(14(18)11-12)17(23)20(2)3/h7-8,11,15H,4-6,9-10H2,1-3H3,(H,19,22). The van der Waals surface area contributed by atoms with Crippen LogP contribution in [0.4, 0.5) is 5.69 Å². The number of anilines is 1. The van der Waals surface area contributed by atoms with Crippen LogP contribution in [-0.2, 0) is 14.8 Å². The predicted molar refractivity (Wildman–Crippen MR) is 102 cm³/mol. The van der Waals surface area contributed by atoms with E-state index in [2.05, 4.69) is 5.32 Å². The van der Waals surface area contributed by atoms with Crippen molar-refractivity contribution in [2.24, 2.45) is 0 Å². The molecule has 1 aliphatic heterocycles. The second-order valence-electron chi connectivity index (χ2n) is 6.47. The average molecular weight is 402 g/mol. The number of sulfonamides is 1. The van der Waals surface area contributed by atoms with Gasteiger partial charge < -0.3 is 10.2 Å². The molecular formula is C17H24ClN3O4S. The fourth-order valence-electron chi connectivity index (χ4n) is 2.94. The molecule has 0 aliphatic carbocycles. The number of carbonyl (C=O) groups excluding carboxylic acids is 2. The average Bonchev–Trinajstić information content (AvgIpc) is 3.05. The largest absolute Gasteiger partial charge is 0.345 e. The molecule has 0 bridgehead atoms. The van der Waals surface area contributed by atoms with Gasteiger partial charge in [-0.15, -0.1) is 0 Å². The first-order valence-corrected chi connectivity index (χ1v) is 10.5. The summed E-state index contributed by atoms with van der Waals surface area (Å²) >= 11 is 6.15. The topological polar surface area (TPSA) is 86.8 Å². The van der Waals surface area contributed by atoms with Crippen molar-refractivity contribution in [3.05, 3.63) is 28.8 Å². The number of carbonyl (C=O) groups is 2. The van der Waals surface area contributed by atoms with Crippen molar-refractivity contribution in [1.82, 2.24) is 9.21 Å². The van der Waals surface area contributed by atoms with Crippen LogP contribution >= 0.6 is 11.6 Å². The predicted octanol–water partition coefficient (Wildman–Crippen LogP) is 2.18. The number of rotatable bonds is 6. The Balaban J connectivity index is 2.14. The molecule has 1 aromatic carbocycles. The Morgan fingerprint density at radius 3 is 2.62 bits per heavy atom. The molecule has 1 heterocycles. The van der Waals surface area contributed by atoms with Gasteiger partial charge >= 0.3 is 0 Å². The van der Waals surface area contributed by atoms with Gasteiger partial charge in [0, 0.05) is 26.3 Å². The van der Waals surface area contributed by atoms with Gasteiger partial charge in [-0.25, -0.2) is 8.42 Å². The Morgan fingerprint density at radius 1 is 1.35 bits per heavy atom. The molecule has 1 saturated heterocycles. The van der Waals surface area contributed by atoms with Crippen molar-refractivity contribution >= 4 is 39.1 Å². The molecular weight excluding hydrogens is 378 g/mol. The van der Waals surface area contributed by atoms with Crippen LogP contribution in [0.15, 0.2) is 18.2 Å². The second kappa shape index (κ2) is 8.37. The molecule has 0 spiro atoms. The lowest BCUT2D eigenvalue weighted by atomic mass is 10.1. The van der Waals surface area contributed by atoms with Crippen LogP contribution in [0.5, 0.6) is 0 Å². The van der Waals surface area contributed by atoms with E-state index in [1.54, 1.807) is 33.2 Å². The fraction of sp³-hybridized carbons (Fsp3) is 0.529. The first-order chi connectivity index (χ1) is 12.2. The Morgan fingerprint density at radius 2 is 2.04 bits per heavy atom. The van der Waals surface area contributed by atoms with Crippen molar-refractivity contribution in [2.45, 2.75) is 32.2 Å². The molecule has 9 heteroatoms. The summed E-state index contributed by atoms with van der Waals surface area (Å²) in [6.45, 7) is 2.15. The zero-order valence-corrected chi connectivity index (χ0v) is 16.7. The summed E-state index contributed by atoms with van der Waals surface area (Å²) < 4.78 is 25.9. The summed E-state index contributed by atoms with van der Waals surface area (Å²) in [7, 11) is -0.186. The monoisotopic (exact) mass is 401 g/mol. The van der Waals surface area contributed by atoms with Gasteiger partial charge in [-0.2, -0.15) is 4.31 Å². The third kappa shape index (κ3) is 4.55. The number of hydrogen-bond acceptors (Lipinski definition) is 4. The van der Waals surface area contributed by atoms with Crippen LogP contribution in [0.2, 0.25) is 5.02 Å². The minimum atomic E-state index is -3.44. The highest BCUT2D eigenvalue weighted by molar-refractivity contribution is 7.89. The van der Waals surface area contributed by atoms with Crippen LogP contribution in [0, 0.1) is 0 Å². The number of halogens is 1. The molecule has 26 heavy (non-hydrogen) atoms. The Kier molecular flexibility index (Phi) is 6.65. The van der Waals surface area contributed by atoms with Crippen molar-refractivity contribution in [2.75, 3.05) is 31.7 Å². The van der Waals surface area contributed by atoms with E-state index in [0.29, 0.717) is 37.1 Å². The number of hydrogen-bond donors (Lipinski definition) is 1. The second-order valence-corrected chi connectivity index (χ2v) is 8.92. The molecule has 2 rings (SSSR count). The van der Waals surface area contributed by atoms with E-state index in [4.69, 9.17) is 11.6 Å². The normalized spacial score (nSPS) is 17.9.